The van der Waals surface area contributed by atoms with Crippen LogP contribution in [0.2, 0.25) is 0 Å². The molecule has 1 nitrogen and oxygen atoms in total. The standard InChI is InChI=1S/C7H7BO/c1-9-7-5-3-2-4-6(7)8/h2-5H,1H3. The van der Waals surface area contributed by atoms with Gasteiger partial charge in [-0.15, -0.1) is 0 Å². The lowest BCUT2D eigenvalue weighted by atomic mass is 9.95. The Balaban J connectivity index is 3.01. The highest BCUT2D eigenvalue weighted by Gasteiger charge is 1.90. The van der Waals surface area contributed by atoms with Gasteiger partial charge in [-0.3, -0.25) is 0 Å². The molecule has 44 valence electrons. The van der Waals surface area contributed by atoms with Gasteiger partial charge in [-0.25, -0.2) is 0 Å². The molecule has 0 amide bonds. The SMILES string of the molecule is [B]c1ccccc1OC. The lowest BCUT2D eigenvalue weighted by Gasteiger charge is -2.01. The largest absolute Gasteiger partial charge is 0.497 e. The van der Waals surface area contributed by atoms with Crippen LogP contribution in [0.1, 0.15) is 0 Å². The lowest BCUT2D eigenvalue weighted by molar-refractivity contribution is 0.418. The molecule has 0 aliphatic carbocycles. The third-order valence-corrected chi connectivity index (χ3v) is 1.14. The van der Waals surface area contributed by atoms with Crippen molar-refractivity contribution >= 4 is 13.3 Å². The number of rotatable bonds is 1. The molecule has 2 radical (unpaired) electrons. The van der Waals surface area contributed by atoms with E-state index in [1.54, 1.807) is 13.2 Å². The zero-order valence-electron chi connectivity index (χ0n) is 5.29. The van der Waals surface area contributed by atoms with Crippen LogP contribution in [0, 0.1) is 0 Å². The second-order valence-corrected chi connectivity index (χ2v) is 1.74. The van der Waals surface area contributed by atoms with Crippen LogP contribution in [0.25, 0.3) is 0 Å². The van der Waals surface area contributed by atoms with Gasteiger partial charge in [0.1, 0.15) is 13.6 Å². The minimum absolute atomic E-state index is 0.681. The third kappa shape index (κ3) is 1.25. The Morgan fingerprint density at radius 2 is 2.00 bits per heavy atom. The maximum Gasteiger partial charge on any atom is 0.119 e. The normalized spacial score (nSPS) is 9.00. The van der Waals surface area contributed by atoms with E-state index in [9.17, 15) is 0 Å². The zero-order chi connectivity index (χ0) is 6.69. The topological polar surface area (TPSA) is 9.23 Å². The monoisotopic (exact) mass is 118 g/mol. The molecule has 0 fully saturated rings. The summed E-state index contributed by atoms with van der Waals surface area (Å²) in [4.78, 5) is 0. The Morgan fingerprint density at radius 1 is 1.33 bits per heavy atom. The molecule has 0 bridgehead atoms. The van der Waals surface area contributed by atoms with Crippen molar-refractivity contribution in [3.05, 3.63) is 24.3 Å². The van der Waals surface area contributed by atoms with E-state index in [2.05, 4.69) is 0 Å². The van der Waals surface area contributed by atoms with E-state index in [1.807, 2.05) is 18.2 Å². The molecule has 1 rings (SSSR count). The molecule has 0 unspecified atom stereocenters. The van der Waals surface area contributed by atoms with Crippen LogP contribution in [0.3, 0.4) is 0 Å². The summed E-state index contributed by atoms with van der Waals surface area (Å²) >= 11 is 0. The van der Waals surface area contributed by atoms with Crippen molar-refractivity contribution in [2.45, 2.75) is 0 Å². The van der Waals surface area contributed by atoms with Crippen molar-refractivity contribution in [3.8, 4) is 5.75 Å². The van der Waals surface area contributed by atoms with E-state index in [4.69, 9.17) is 12.6 Å². The number of methoxy groups -OCH3 is 1. The summed E-state index contributed by atoms with van der Waals surface area (Å²) in [6.07, 6.45) is 0. The number of hydrogen-bond donors (Lipinski definition) is 0. The minimum Gasteiger partial charge on any atom is -0.497 e. The van der Waals surface area contributed by atoms with Crippen LogP contribution in [-0.4, -0.2) is 15.0 Å². The molecule has 0 spiro atoms. The molecule has 0 aromatic heterocycles. The van der Waals surface area contributed by atoms with Gasteiger partial charge in [0.05, 0.1) is 7.11 Å². The van der Waals surface area contributed by atoms with Gasteiger partial charge in [0.2, 0.25) is 0 Å². The van der Waals surface area contributed by atoms with Crippen molar-refractivity contribution in [3.63, 3.8) is 0 Å². The number of ether oxygens (including phenoxy) is 1. The van der Waals surface area contributed by atoms with Gasteiger partial charge in [-0.2, -0.15) is 0 Å². The quantitative estimate of drug-likeness (QED) is 0.487. The van der Waals surface area contributed by atoms with Crippen molar-refractivity contribution in [2.75, 3.05) is 7.11 Å². The molecular weight excluding hydrogens is 111 g/mol. The average molecular weight is 118 g/mol. The van der Waals surface area contributed by atoms with Gasteiger partial charge >= 0.3 is 0 Å². The van der Waals surface area contributed by atoms with Gasteiger partial charge in [0.15, 0.2) is 0 Å². The van der Waals surface area contributed by atoms with Gasteiger partial charge < -0.3 is 4.74 Å². The van der Waals surface area contributed by atoms with E-state index in [-0.39, 0.29) is 0 Å². The summed E-state index contributed by atoms with van der Waals surface area (Å²) in [5.41, 5.74) is 0.681. The Morgan fingerprint density at radius 3 is 2.44 bits per heavy atom. The molecule has 0 atom stereocenters. The van der Waals surface area contributed by atoms with Crippen LogP contribution in [0.4, 0.5) is 0 Å². The van der Waals surface area contributed by atoms with Gasteiger partial charge in [0.25, 0.3) is 0 Å². The lowest BCUT2D eigenvalue weighted by Crippen LogP contribution is -2.05. The van der Waals surface area contributed by atoms with Crippen molar-refractivity contribution < 1.29 is 4.74 Å². The molecule has 9 heavy (non-hydrogen) atoms. The molecular formula is C7H7BO. The predicted octanol–water partition coefficient (Wildman–Crippen LogP) is 0.489. The minimum atomic E-state index is 0.681. The first-order chi connectivity index (χ1) is 4.34. The first-order valence-electron chi connectivity index (χ1n) is 2.73. The third-order valence-electron chi connectivity index (χ3n) is 1.14. The number of hydrogen-bond acceptors (Lipinski definition) is 1. The van der Waals surface area contributed by atoms with Crippen LogP contribution >= 0.6 is 0 Å². The van der Waals surface area contributed by atoms with E-state index in [0.717, 1.165) is 5.75 Å². The molecule has 2 heteroatoms. The Bertz CT molecular complexity index is 198. The first kappa shape index (κ1) is 6.21. The maximum absolute atomic E-state index is 5.51. The first-order valence-corrected chi connectivity index (χ1v) is 2.73. The Kier molecular flexibility index (Phi) is 1.78. The Labute approximate surface area is 56.1 Å². The van der Waals surface area contributed by atoms with Gasteiger partial charge in [0, 0.05) is 0 Å². The summed E-state index contributed by atoms with van der Waals surface area (Å²) in [6.45, 7) is 0. The second-order valence-electron chi connectivity index (χ2n) is 1.74. The molecule has 1 aromatic carbocycles. The van der Waals surface area contributed by atoms with Gasteiger partial charge in [-0.1, -0.05) is 23.7 Å². The number of para-hydroxylation sites is 1. The predicted molar refractivity (Wildman–Crippen MR) is 38.4 cm³/mol. The zero-order valence-corrected chi connectivity index (χ0v) is 5.29. The summed E-state index contributed by atoms with van der Waals surface area (Å²) < 4.78 is 4.92. The fourth-order valence-corrected chi connectivity index (χ4v) is 0.666. The van der Waals surface area contributed by atoms with E-state index in [0.29, 0.717) is 5.46 Å². The highest BCUT2D eigenvalue weighted by Crippen LogP contribution is 2.01. The van der Waals surface area contributed by atoms with Crippen LogP contribution in [0.15, 0.2) is 24.3 Å². The smallest absolute Gasteiger partial charge is 0.119 e. The molecule has 0 N–H and O–H groups in total. The molecule has 0 aliphatic rings. The summed E-state index contributed by atoms with van der Waals surface area (Å²) in [6, 6.07) is 7.39. The second kappa shape index (κ2) is 2.58. The molecule has 1 aromatic rings. The molecule has 0 saturated carbocycles. The maximum atomic E-state index is 5.51. The van der Waals surface area contributed by atoms with Gasteiger partial charge in [-0.05, 0) is 6.07 Å². The summed E-state index contributed by atoms with van der Waals surface area (Å²) in [5, 5.41) is 0. The molecule has 0 saturated heterocycles. The average Bonchev–Trinajstić information content (AvgIpc) is 1.89. The number of benzene rings is 1. The van der Waals surface area contributed by atoms with Crippen molar-refractivity contribution in [2.24, 2.45) is 0 Å². The Hall–Kier alpha value is -0.915. The molecule has 0 aliphatic heterocycles. The fraction of sp³-hybridized carbons (Fsp3) is 0.143. The van der Waals surface area contributed by atoms with Crippen molar-refractivity contribution in [1.82, 2.24) is 0 Å². The van der Waals surface area contributed by atoms with Crippen LogP contribution < -0.4 is 10.2 Å². The van der Waals surface area contributed by atoms with E-state index < -0.39 is 0 Å². The highest BCUT2D eigenvalue weighted by atomic mass is 16.5. The highest BCUT2D eigenvalue weighted by molar-refractivity contribution is 6.34. The van der Waals surface area contributed by atoms with Crippen molar-refractivity contribution in [1.29, 1.82) is 0 Å². The summed E-state index contributed by atoms with van der Waals surface area (Å²) in [7, 11) is 7.11. The van der Waals surface area contributed by atoms with E-state index >= 15 is 0 Å². The fourth-order valence-electron chi connectivity index (χ4n) is 0.666. The van der Waals surface area contributed by atoms with Crippen LogP contribution in [0.5, 0.6) is 5.75 Å². The summed E-state index contributed by atoms with van der Waals surface area (Å²) in [5.74, 6) is 0.734. The van der Waals surface area contributed by atoms with Crippen LogP contribution in [-0.2, 0) is 0 Å². The molecule has 0 heterocycles. The van der Waals surface area contributed by atoms with E-state index in [1.165, 1.54) is 0 Å².